The Bertz CT molecular complexity index is 655. The van der Waals surface area contributed by atoms with E-state index in [2.05, 4.69) is 26.2 Å². The van der Waals surface area contributed by atoms with Crippen LogP contribution in [0.2, 0.25) is 0 Å². The highest BCUT2D eigenvalue weighted by atomic mass is 79.9. The molecule has 2 rings (SSSR count). The lowest BCUT2D eigenvalue weighted by atomic mass is 10.2. The summed E-state index contributed by atoms with van der Waals surface area (Å²) >= 11 is 3.13. The van der Waals surface area contributed by atoms with E-state index in [9.17, 15) is 13.6 Å². The number of benzene rings is 1. The van der Waals surface area contributed by atoms with Gasteiger partial charge in [-0.15, -0.1) is 0 Å². The van der Waals surface area contributed by atoms with Gasteiger partial charge >= 0.3 is 0 Å². The summed E-state index contributed by atoms with van der Waals surface area (Å²) in [5, 5.41) is 2.59. The molecular weight excluding hydrogens is 306 g/mol. The van der Waals surface area contributed by atoms with E-state index >= 15 is 0 Å². The monoisotopic (exact) mass is 314 g/mol. The summed E-state index contributed by atoms with van der Waals surface area (Å²) in [5.41, 5.74) is -0.291. The molecule has 0 aliphatic heterocycles. The smallest absolute Gasteiger partial charge is 0.286 e. The molecule has 2 aromatic rings. The van der Waals surface area contributed by atoms with Gasteiger partial charge in [0.05, 0.1) is 11.4 Å². The molecule has 1 heterocycles. The van der Waals surface area contributed by atoms with Gasteiger partial charge in [-0.25, -0.2) is 4.39 Å². The SMILES string of the molecule is Cc1c[nH]c(=O)c(F)c1Nc1ccc(Br)cc1F. The van der Waals surface area contributed by atoms with Crippen LogP contribution < -0.4 is 10.9 Å². The molecule has 18 heavy (non-hydrogen) atoms. The van der Waals surface area contributed by atoms with Crippen molar-refractivity contribution in [1.29, 1.82) is 0 Å². The fourth-order valence-electron chi connectivity index (χ4n) is 1.47. The van der Waals surface area contributed by atoms with Crippen LogP contribution in [0, 0.1) is 18.6 Å². The van der Waals surface area contributed by atoms with Gasteiger partial charge in [0.15, 0.2) is 0 Å². The van der Waals surface area contributed by atoms with Crippen LogP contribution in [0.25, 0.3) is 0 Å². The van der Waals surface area contributed by atoms with Crippen molar-refractivity contribution in [3.8, 4) is 0 Å². The highest BCUT2D eigenvalue weighted by Crippen LogP contribution is 2.25. The maximum Gasteiger partial charge on any atom is 0.286 e. The largest absolute Gasteiger partial charge is 0.350 e. The molecule has 0 spiro atoms. The Morgan fingerprint density at radius 3 is 2.72 bits per heavy atom. The molecule has 2 N–H and O–H groups in total. The average Bonchev–Trinajstić information content (AvgIpc) is 2.32. The van der Waals surface area contributed by atoms with Crippen LogP contribution in [-0.4, -0.2) is 4.98 Å². The van der Waals surface area contributed by atoms with Gasteiger partial charge < -0.3 is 10.3 Å². The third-order valence-electron chi connectivity index (χ3n) is 2.42. The van der Waals surface area contributed by atoms with Gasteiger partial charge in [0, 0.05) is 10.7 Å². The van der Waals surface area contributed by atoms with Gasteiger partial charge in [0.2, 0.25) is 5.82 Å². The van der Waals surface area contributed by atoms with E-state index in [4.69, 9.17) is 0 Å². The van der Waals surface area contributed by atoms with E-state index in [1.807, 2.05) is 0 Å². The molecular formula is C12H9BrF2N2O. The lowest BCUT2D eigenvalue weighted by Gasteiger charge is -2.10. The number of rotatable bonds is 2. The molecule has 0 saturated carbocycles. The topological polar surface area (TPSA) is 44.9 Å². The number of pyridine rings is 1. The Hall–Kier alpha value is -1.69. The molecule has 0 bridgehead atoms. The van der Waals surface area contributed by atoms with Crippen molar-refractivity contribution in [3.63, 3.8) is 0 Å². The first-order chi connectivity index (χ1) is 8.49. The third kappa shape index (κ3) is 2.43. The van der Waals surface area contributed by atoms with Crippen LogP contribution in [0.5, 0.6) is 0 Å². The van der Waals surface area contributed by atoms with E-state index in [1.54, 1.807) is 13.0 Å². The second-order valence-electron chi connectivity index (χ2n) is 3.74. The summed E-state index contributed by atoms with van der Waals surface area (Å²) in [6.45, 7) is 1.61. The molecule has 1 aromatic heterocycles. The first-order valence-electron chi connectivity index (χ1n) is 5.09. The van der Waals surface area contributed by atoms with Crippen LogP contribution >= 0.6 is 15.9 Å². The summed E-state index contributed by atoms with van der Waals surface area (Å²) in [7, 11) is 0. The lowest BCUT2D eigenvalue weighted by Crippen LogP contribution is -2.14. The van der Waals surface area contributed by atoms with E-state index < -0.39 is 17.2 Å². The summed E-state index contributed by atoms with van der Waals surface area (Å²) in [5.74, 6) is -1.50. The second kappa shape index (κ2) is 4.89. The molecule has 6 heteroatoms. The maximum atomic E-state index is 13.6. The first-order valence-corrected chi connectivity index (χ1v) is 5.88. The molecule has 0 radical (unpaired) electrons. The van der Waals surface area contributed by atoms with Crippen molar-refractivity contribution in [3.05, 3.63) is 56.4 Å². The normalized spacial score (nSPS) is 10.4. The predicted octanol–water partition coefficient (Wildman–Crippen LogP) is 3.47. The minimum Gasteiger partial charge on any atom is -0.350 e. The molecule has 0 atom stereocenters. The minimum atomic E-state index is -0.961. The van der Waals surface area contributed by atoms with Crippen molar-refractivity contribution in [2.75, 3.05) is 5.32 Å². The molecule has 0 aliphatic rings. The van der Waals surface area contributed by atoms with Crippen LogP contribution in [0.15, 0.2) is 33.7 Å². The molecule has 3 nitrogen and oxygen atoms in total. The number of hydrogen-bond acceptors (Lipinski definition) is 2. The highest BCUT2D eigenvalue weighted by molar-refractivity contribution is 9.10. The molecule has 0 unspecified atom stereocenters. The number of aryl methyl sites for hydroxylation is 1. The Balaban J connectivity index is 2.46. The fourth-order valence-corrected chi connectivity index (χ4v) is 1.81. The summed E-state index contributed by atoms with van der Waals surface area (Å²) in [4.78, 5) is 13.4. The van der Waals surface area contributed by atoms with Crippen molar-refractivity contribution in [1.82, 2.24) is 4.98 Å². The van der Waals surface area contributed by atoms with Crippen LogP contribution in [0.1, 0.15) is 5.56 Å². The standard InChI is InChI=1S/C12H9BrF2N2O/c1-6-5-16-12(18)10(15)11(6)17-9-3-2-7(13)4-8(9)14/h2-5H,1H3,(H2,16,17,18). The summed E-state index contributed by atoms with van der Waals surface area (Å²) in [6, 6.07) is 4.33. The average molecular weight is 315 g/mol. The number of nitrogens with one attached hydrogen (secondary N) is 2. The molecule has 0 amide bonds. The van der Waals surface area contributed by atoms with Crippen LogP contribution in [0.3, 0.4) is 0 Å². The van der Waals surface area contributed by atoms with Crippen LogP contribution in [-0.2, 0) is 0 Å². The van der Waals surface area contributed by atoms with Crippen LogP contribution in [0.4, 0.5) is 20.2 Å². The van der Waals surface area contributed by atoms with E-state index in [-0.39, 0.29) is 11.4 Å². The van der Waals surface area contributed by atoms with Gasteiger partial charge in [0.25, 0.3) is 5.56 Å². The Morgan fingerprint density at radius 1 is 1.33 bits per heavy atom. The second-order valence-corrected chi connectivity index (χ2v) is 4.65. The Labute approximate surface area is 110 Å². The third-order valence-corrected chi connectivity index (χ3v) is 2.92. The van der Waals surface area contributed by atoms with Crippen molar-refractivity contribution < 1.29 is 8.78 Å². The van der Waals surface area contributed by atoms with E-state index in [1.165, 1.54) is 18.3 Å². The molecule has 1 aromatic carbocycles. The highest BCUT2D eigenvalue weighted by Gasteiger charge is 2.12. The van der Waals surface area contributed by atoms with Crippen molar-refractivity contribution in [2.45, 2.75) is 6.92 Å². The number of halogens is 3. The van der Waals surface area contributed by atoms with Gasteiger partial charge in [-0.2, -0.15) is 4.39 Å². The molecule has 0 saturated heterocycles. The number of anilines is 2. The summed E-state index contributed by atoms with van der Waals surface area (Å²) in [6.07, 6.45) is 1.37. The zero-order valence-electron chi connectivity index (χ0n) is 9.35. The fraction of sp³-hybridized carbons (Fsp3) is 0.0833. The van der Waals surface area contributed by atoms with Gasteiger partial charge in [-0.1, -0.05) is 15.9 Å². The number of aromatic amines is 1. The first kappa shape index (κ1) is 12.8. The minimum absolute atomic E-state index is 0.0278. The number of hydrogen-bond donors (Lipinski definition) is 2. The molecule has 0 aliphatic carbocycles. The summed E-state index contributed by atoms with van der Waals surface area (Å²) < 4.78 is 27.8. The molecule has 94 valence electrons. The zero-order valence-corrected chi connectivity index (χ0v) is 10.9. The lowest BCUT2D eigenvalue weighted by molar-refractivity contribution is 0.609. The maximum absolute atomic E-state index is 13.6. The van der Waals surface area contributed by atoms with Crippen molar-refractivity contribution >= 4 is 27.3 Å². The zero-order chi connectivity index (χ0) is 13.3. The quantitative estimate of drug-likeness (QED) is 0.891. The van der Waals surface area contributed by atoms with Gasteiger partial charge in [-0.05, 0) is 30.7 Å². The van der Waals surface area contributed by atoms with Gasteiger partial charge in [0.1, 0.15) is 5.82 Å². The van der Waals surface area contributed by atoms with Gasteiger partial charge in [-0.3, -0.25) is 4.79 Å². The van der Waals surface area contributed by atoms with Crippen molar-refractivity contribution in [2.24, 2.45) is 0 Å². The van der Waals surface area contributed by atoms with E-state index in [0.29, 0.717) is 10.0 Å². The van der Waals surface area contributed by atoms with E-state index in [0.717, 1.165) is 0 Å². The number of H-pyrrole nitrogens is 1. The Morgan fingerprint density at radius 2 is 2.06 bits per heavy atom. The number of aromatic nitrogens is 1. The predicted molar refractivity (Wildman–Crippen MR) is 69.1 cm³/mol. The Kier molecular flexibility index (Phi) is 3.47. The molecule has 0 fully saturated rings.